The maximum Gasteiger partial charge on any atom is 0.265 e. The molecule has 144 valence electrons. The molecule has 1 aromatic carbocycles. The Hall–Kier alpha value is -2.10. The van der Waals surface area contributed by atoms with E-state index in [1.54, 1.807) is 12.1 Å². The van der Waals surface area contributed by atoms with Gasteiger partial charge in [0, 0.05) is 17.0 Å². The zero-order chi connectivity index (χ0) is 20.0. The first-order valence-electron chi connectivity index (χ1n) is 7.58. The number of aldehydes is 1. The molecule has 2 N–H and O–H groups in total. The molecule has 1 atom stereocenters. The fourth-order valence-corrected chi connectivity index (χ4v) is 2.71. The van der Waals surface area contributed by atoms with Crippen LogP contribution in [-0.2, 0) is 16.1 Å². The van der Waals surface area contributed by atoms with Crippen LogP contribution in [0.2, 0.25) is 5.02 Å². The number of alkyl halides is 2. The number of carbonyl (C=O) groups excluding carboxylic acids is 1. The first-order chi connectivity index (χ1) is 12.8. The predicted molar refractivity (Wildman–Crippen MR) is 99.5 cm³/mol. The Labute approximate surface area is 167 Å². The third kappa shape index (κ3) is 5.69. The summed E-state index contributed by atoms with van der Waals surface area (Å²) < 4.78 is 31.5. The number of halogens is 4. The molecule has 0 saturated carbocycles. The Bertz CT molecular complexity index is 839. The number of benzene rings is 1. The maximum atomic E-state index is 12.9. The first kappa shape index (κ1) is 21.2. The zero-order valence-electron chi connectivity index (χ0n) is 14.0. The van der Waals surface area contributed by atoms with Crippen LogP contribution < -0.4 is 10.2 Å². The fraction of sp³-hybridized carbons (Fsp3) is 0.235. The number of pyridine rings is 1. The molecule has 27 heavy (non-hydrogen) atoms. The second-order valence-electron chi connectivity index (χ2n) is 5.32. The van der Waals surface area contributed by atoms with Crippen molar-refractivity contribution in [2.45, 2.75) is 19.0 Å². The number of nitrogens with zero attached hydrogens (tertiary/aromatic N) is 1. The monoisotopic (exact) mass is 461 g/mol. The quantitative estimate of drug-likeness (QED) is 0.267. The van der Waals surface area contributed by atoms with Crippen molar-refractivity contribution in [2.24, 2.45) is 0 Å². The number of hydrogen-bond acceptors (Lipinski definition) is 5. The number of rotatable bonds is 8. The first-order valence-corrected chi connectivity index (χ1v) is 8.75. The van der Waals surface area contributed by atoms with E-state index in [9.17, 15) is 13.6 Å². The minimum Gasteiger partial charge on any atom is -0.480 e. The van der Waals surface area contributed by atoms with Gasteiger partial charge >= 0.3 is 0 Å². The lowest BCUT2D eigenvalue weighted by atomic mass is 10.1. The highest BCUT2D eigenvalue weighted by Crippen LogP contribution is 2.28. The summed E-state index contributed by atoms with van der Waals surface area (Å²) in [4.78, 5) is 20.5. The van der Waals surface area contributed by atoms with Gasteiger partial charge in [0.25, 0.3) is 6.43 Å². The zero-order valence-corrected chi connectivity index (χ0v) is 16.4. The van der Waals surface area contributed by atoms with E-state index >= 15 is 0 Å². The molecule has 0 fully saturated rings. The van der Waals surface area contributed by atoms with Gasteiger partial charge in [0.1, 0.15) is 11.8 Å². The normalized spacial score (nSPS) is 11.9. The van der Waals surface area contributed by atoms with E-state index in [-0.39, 0.29) is 34.4 Å². The SMILES string of the molecule is COc1nc(C(=N)NOC(C=O)Cc2ccc(Cl)c(C(F)F)c2)ccc1Br. The largest absolute Gasteiger partial charge is 0.480 e. The molecule has 0 bridgehead atoms. The molecular formula is C17H15BrClF2N3O3. The van der Waals surface area contributed by atoms with Crippen molar-refractivity contribution >= 4 is 39.7 Å². The molecule has 0 saturated heterocycles. The Kier molecular flexibility index (Phi) is 7.64. The van der Waals surface area contributed by atoms with Gasteiger partial charge in [-0.3, -0.25) is 10.2 Å². The van der Waals surface area contributed by atoms with E-state index < -0.39 is 12.5 Å². The van der Waals surface area contributed by atoms with Gasteiger partial charge in [0.05, 0.1) is 11.6 Å². The summed E-state index contributed by atoms with van der Waals surface area (Å²) in [6.45, 7) is 0. The molecule has 1 heterocycles. The molecule has 10 heteroatoms. The Balaban J connectivity index is 2.02. The van der Waals surface area contributed by atoms with Gasteiger partial charge in [0.15, 0.2) is 12.1 Å². The summed E-state index contributed by atoms with van der Waals surface area (Å²) in [7, 11) is 1.44. The lowest BCUT2D eigenvalue weighted by Gasteiger charge is -2.15. The Morgan fingerprint density at radius 1 is 1.41 bits per heavy atom. The predicted octanol–water partition coefficient (Wildman–Crippen LogP) is 4.10. The molecule has 0 spiro atoms. The summed E-state index contributed by atoms with van der Waals surface area (Å²) in [5.41, 5.74) is 2.70. The molecule has 0 aliphatic rings. The Morgan fingerprint density at radius 2 is 2.15 bits per heavy atom. The second kappa shape index (κ2) is 9.72. The molecule has 1 aromatic heterocycles. The van der Waals surface area contributed by atoms with Crippen molar-refractivity contribution in [3.63, 3.8) is 0 Å². The molecule has 0 aliphatic carbocycles. The standard InChI is InChI=1S/C17H15BrClF2N3O3/c1-26-17-12(18)3-5-14(23-17)16(22)24-27-10(8-25)6-9-2-4-13(19)11(7-9)15(20)21/h2-5,7-8,10,15H,6H2,1H3,(H2,22,24). The second-order valence-corrected chi connectivity index (χ2v) is 6.58. The van der Waals surface area contributed by atoms with E-state index in [2.05, 4.69) is 26.4 Å². The van der Waals surface area contributed by atoms with Crippen LogP contribution in [0.25, 0.3) is 0 Å². The van der Waals surface area contributed by atoms with E-state index in [1.807, 2.05) is 0 Å². The molecule has 1 unspecified atom stereocenters. The van der Waals surface area contributed by atoms with Gasteiger partial charge < -0.3 is 9.53 Å². The van der Waals surface area contributed by atoms with Crippen molar-refractivity contribution in [3.8, 4) is 5.88 Å². The van der Waals surface area contributed by atoms with Gasteiger partial charge in [-0.1, -0.05) is 17.7 Å². The van der Waals surface area contributed by atoms with Crippen molar-refractivity contribution in [1.29, 1.82) is 5.41 Å². The smallest absolute Gasteiger partial charge is 0.265 e. The maximum absolute atomic E-state index is 12.9. The molecule has 0 amide bonds. The van der Waals surface area contributed by atoms with Crippen LogP contribution in [0.1, 0.15) is 23.2 Å². The van der Waals surface area contributed by atoms with Gasteiger partial charge in [-0.25, -0.2) is 19.2 Å². The summed E-state index contributed by atoms with van der Waals surface area (Å²) in [5, 5.41) is 7.89. The number of ether oxygens (including phenoxy) is 1. The van der Waals surface area contributed by atoms with Crippen LogP contribution >= 0.6 is 27.5 Å². The third-order valence-electron chi connectivity index (χ3n) is 3.46. The highest BCUT2D eigenvalue weighted by atomic mass is 79.9. The molecule has 6 nitrogen and oxygen atoms in total. The van der Waals surface area contributed by atoms with Crippen molar-refractivity contribution < 1.29 is 23.1 Å². The lowest BCUT2D eigenvalue weighted by molar-refractivity contribution is -0.120. The fourth-order valence-electron chi connectivity index (χ4n) is 2.13. The average Bonchev–Trinajstić information content (AvgIpc) is 2.66. The van der Waals surface area contributed by atoms with Crippen LogP contribution in [0.5, 0.6) is 5.88 Å². The topological polar surface area (TPSA) is 84.3 Å². The van der Waals surface area contributed by atoms with Crippen LogP contribution in [0.15, 0.2) is 34.8 Å². The number of aromatic nitrogens is 1. The molecule has 2 rings (SSSR count). The average molecular weight is 463 g/mol. The summed E-state index contributed by atoms with van der Waals surface area (Å²) in [5.74, 6) is 0.0868. The lowest BCUT2D eigenvalue weighted by Crippen LogP contribution is -2.32. The number of methoxy groups -OCH3 is 1. The minimum atomic E-state index is -2.72. The number of amidine groups is 1. The van der Waals surface area contributed by atoms with Gasteiger partial charge in [-0.15, -0.1) is 0 Å². The highest BCUT2D eigenvalue weighted by Gasteiger charge is 2.16. The third-order valence-corrected chi connectivity index (χ3v) is 4.41. The molecular weight excluding hydrogens is 448 g/mol. The van der Waals surface area contributed by atoms with Gasteiger partial charge in [0.2, 0.25) is 5.88 Å². The van der Waals surface area contributed by atoms with E-state index in [1.165, 1.54) is 25.3 Å². The number of hydroxylamine groups is 1. The number of nitrogens with one attached hydrogen (secondary N) is 2. The van der Waals surface area contributed by atoms with Gasteiger partial charge in [-0.2, -0.15) is 0 Å². The van der Waals surface area contributed by atoms with Gasteiger partial charge in [-0.05, 0) is 45.8 Å². The van der Waals surface area contributed by atoms with Crippen LogP contribution in [0.4, 0.5) is 8.78 Å². The van der Waals surface area contributed by atoms with Crippen molar-refractivity contribution in [1.82, 2.24) is 10.5 Å². The van der Waals surface area contributed by atoms with E-state index in [0.29, 0.717) is 16.3 Å². The van der Waals surface area contributed by atoms with Crippen LogP contribution in [-0.4, -0.2) is 30.3 Å². The summed E-state index contributed by atoms with van der Waals surface area (Å²) in [6, 6.07) is 7.29. The van der Waals surface area contributed by atoms with E-state index in [0.717, 1.165) is 0 Å². The summed E-state index contributed by atoms with van der Waals surface area (Å²) in [6.07, 6.45) is -3.20. The number of carbonyl (C=O) groups is 1. The molecule has 2 aromatic rings. The number of hydrogen-bond donors (Lipinski definition) is 2. The minimum absolute atomic E-state index is 0.0256. The van der Waals surface area contributed by atoms with Crippen molar-refractivity contribution in [3.05, 3.63) is 56.6 Å². The van der Waals surface area contributed by atoms with Crippen LogP contribution in [0.3, 0.4) is 0 Å². The molecule has 0 aliphatic heterocycles. The van der Waals surface area contributed by atoms with Crippen molar-refractivity contribution in [2.75, 3.05) is 7.11 Å². The van der Waals surface area contributed by atoms with Crippen LogP contribution in [0, 0.1) is 5.41 Å². The molecule has 0 radical (unpaired) electrons. The summed E-state index contributed by atoms with van der Waals surface area (Å²) >= 11 is 8.98. The highest BCUT2D eigenvalue weighted by molar-refractivity contribution is 9.10. The van der Waals surface area contributed by atoms with E-state index in [4.69, 9.17) is 26.6 Å². The Morgan fingerprint density at radius 3 is 2.78 bits per heavy atom.